The summed E-state index contributed by atoms with van der Waals surface area (Å²) in [6, 6.07) is 67.1. The van der Waals surface area contributed by atoms with E-state index in [2.05, 4.69) is 224 Å². The monoisotopic (exact) mass is 808 g/mol. The van der Waals surface area contributed by atoms with E-state index < -0.39 is 0 Å². The summed E-state index contributed by atoms with van der Waals surface area (Å²) in [5, 5.41) is 0. The first-order valence-corrected chi connectivity index (χ1v) is 22.3. The summed E-state index contributed by atoms with van der Waals surface area (Å²) in [4.78, 5) is 10.9. The van der Waals surface area contributed by atoms with Crippen LogP contribution in [0.2, 0.25) is 0 Å². The Morgan fingerprint density at radius 3 is 0.937 bits per heavy atom. The molecule has 0 aliphatic heterocycles. The lowest BCUT2D eigenvalue weighted by Gasteiger charge is -2.21. The highest BCUT2D eigenvalue weighted by atomic mass is 14.9. The van der Waals surface area contributed by atoms with Crippen LogP contribution in [-0.4, -0.2) is 9.97 Å². The van der Waals surface area contributed by atoms with Gasteiger partial charge < -0.3 is 0 Å². The Morgan fingerprint density at radius 2 is 0.556 bits per heavy atom. The molecule has 8 aromatic carbocycles. The molecule has 0 saturated heterocycles. The van der Waals surface area contributed by atoms with Crippen LogP contribution in [0.4, 0.5) is 0 Å². The minimum atomic E-state index is -0.130. The standard InChI is InChI=1S/C61H48N2/c1-59(2)47-22-10-7-16-43(47)55-41(19-13-25-50(55)59)37-28-32-39(33-29-37)53-36-54(63-58(62-53)46-21-15-27-52-57(46)45-18-9-12-24-49(45)61(52,5)6)40-34-30-38(31-35-40)42-20-14-26-51-56(42)44-17-8-11-23-48(44)60(51,3)4/h7-36H,1-6H3. The molecule has 2 nitrogen and oxygen atoms in total. The second kappa shape index (κ2) is 13.4. The molecule has 0 amide bonds. The molecule has 2 heteroatoms. The van der Waals surface area contributed by atoms with E-state index in [1.54, 1.807) is 0 Å². The molecule has 0 bridgehead atoms. The molecule has 3 aliphatic rings. The van der Waals surface area contributed by atoms with Crippen molar-refractivity contribution in [1.82, 2.24) is 9.97 Å². The summed E-state index contributed by atoms with van der Waals surface area (Å²) in [7, 11) is 0. The molecule has 3 aliphatic carbocycles. The third-order valence-corrected chi connectivity index (χ3v) is 14.8. The van der Waals surface area contributed by atoms with Crippen molar-refractivity contribution in [2.45, 2.75) is 57.8 Å². The Morgan fingerprint density at radius 1 is 0.270 bits per heavy atom. The quantitative estimate of drug-likeness (QED) is 0.173. The fourth-order valence-corrected chi connectivity index (χ4v) is 11.4. The van der Waals surface area contributed by atoms with Gasteiger partial charge in [0.05, 0.1) is 11.4 Å². The van der Waals surface area contributed by atoms with E-state index in [0.29, 0.717) is 0 Å². The Bertz CT molecular complexity index is 3180. The number of hydrogen-bond acceptors (Lipinski definition) is 2. The second-order valence-electron chi connectivity index (χ2n) is 19.3. The van der Waals surface area contributed by atoms with Crippen LogP contribution in [0.1, 0.15) is 74.9 Å². The van der Waals surface area contributed by atoms with Gasteiger partial charge >= 0.3 is 0 Å². The number of aromatic nitrogens is 2. The van der Waals surface area contributed by atoms with Crippen LogP contribution >= 0.6 is 0 Å². The second-order valence-corrected chi connectivity index (χ2v) is 19.3. The zero-order valence-electron chi connectivity index (χ0n) is 36.7. The van der Waals surface area contributed by atoms with Crippen molar-refractivity contribution in [3.05, 3.63) is 215 Å². The van der Waals surface area contributed by atoms with Crippen LogP contribution in [0.15, 0.2) is 182 Å². The maximum absolute atomic E-state index is 5.43. The lowest BCUT2D eigenvalue weighted by atomic mass is 9.82. The van der Waals surface area contributed by atoms with Gasteiger partial charge in [0, 0.05) is 32.9 Å². The smallest absolute Gasteiger partial charge is 0.161 e. The third-order valence-electron chi connectivity index (χ3n) is 14.8. The van der Waals surface area contributed by atoms with Gasteiger partial charge in [0.15, 0.2) is 5.82 Å². The van der Waals surface area contributed by atoms with Gasteiger partial charge in [-0.05, 0) is 95.1 Å². The molecule has 0 N–H and O–H groups in total. The molecule has 1 aromatic heterocycles. The van der Waals surface area contributed by atoms with Crippen molar-refractivity contribution in [2.75, 3.05) is 0 Å². The van der Waals surface area contributed by atoms with Crippen molar-refractivity contribution >= 4 is 0 Å². The molecule has 0 spiro atoms. The van der Waals surface area contributed by atoms with Crippen molar-refractivity contribution in [3.8, 4) is 89.5 Å². The third kappa shape index (κ3) is 5.44. The molecule has 0 atom stereocenters. The molecule has 302 valence electrons. The largest absolute Gasteiger partial charge is 0.228 e. The number of rotatable bonds is 5. The molecule has 9 aromatic rings. The number of nitrogens with zero attached hydrogens (tertiary/aromatic N) is 2. The highest BCUT2D eigenvalue weighted by Gasteiger charge is 2.39. The minimum Gasteiger partial charge on any atom is -0.228 e. The van der Waals surface area contributed by atoms with E-state index in [1.165, 1.54) is 89.0 Å². The summed E-state index contributed by atoms with van der Waals surface area (Å²) in [6.45, 7) is 14.0. The first-order chi connectivity index (χ1) is 30.5. The SMILES string of the molecule is CC1(C)c2ccccc2-c2c(-c3ccc(-c4cc(-c5ccc(-c6cccc7c6-c6ccccc6C7(C)C)cc5)nc(-c5cccc6c5-c5ccccc5C6(C)C)n4)cc3)cccc21. The maximum Gasteiger partial charge on any atom is 0.161 e. The first-order valence-electron chi connectivity index (χ1n) is 22.3. The Hall–Kier alpha value is -7.16. The molecule has 63 heavy (non-hydrogen) atoms. The summed E-state index contributed by atoms with van der Waals surface area (Å²) in [6.07, 6.45) is 0. The summed E-state index contributed by atoms with van der Waals surface area (Å²) in [5.74, 6) is 0.736. The van der Waals surface area contributed by atoms with Crippen LogP contribution < -0.4 is 0 Å². The van der Waals surface area contributed by atoms with Gasteiger partial charge in [0.1, 0.15) is 0 Å². The average molecular weight is 809 g/mol. The predicted molar refractivity (Wildman–Crippen MR) is 262 cm³/mol. The number of fused-ring (bicyclic) bond motifs is 9. The van der Waals surface area contributed by atoms with Crippen LogP contribution in [0, 0.1) is 0 Å². The highest BCUT2D eigenvalue weighted by molar-refractivity contribution is 5.95. The van der Waals surface area contributed by atoms with Crippen LogP contribution in [-0.2, 0) is 16.2 Å². The Labute approximate surface area is 371 Å². The Balaban J connectivity index is 0.992. The van der Waals surface area contributed by atoms with Gasteiger partial charge in [0.25, 0.3) is 0 Å². The van der Waals surface area contributed by atoms with Gasteiger partial charge in [-0.2, -0.15) is 0 Å². The lowest BCUT2D eigenvalue weighted by Crippen LogP contribution is -2.14. The van der Waals surface area contributed by atoms with E-state index in [4.69, 9.17) is 9.97 Å². The number of benzene rings is 8. The van der Waals surface area contributed by atoms with Crippen molar-refractivity contribution < 1.29 is 0 Å². The van der Waals surface area contributed by atoms with Crippen LogP contribution in [0.3, 0.4) is 0 Å². The van der Waals surface area contributed by atoms with Gasteiger partial charge in [-0.25, -0.2) is 9.97 Å². The highest BCUT2D eigenvalue weighted by Crippen LogP contribution is 2.55. The predicted octanol–water partition coefficient (Wildman–Crippen LogP) is 15.7. The van der Waals surface area contributed by atoms with Crippen LogP contribution in [0.25, 0.3) is 89.5 Å². The van der Waals surface area contributed by atoms with Gasteiger partial charge in [-0.3, -0.25) is 0 Å². The van der Waals surface area contributed by atoms with E-state index in [1.807, 2.05) is 0 Å². The molecule has 0 unspecified atom stereocenters. The summed E-state index contributed by atoms with van der Waals surface area (Å²) in [5.41, 5.74) is 25.7. The Kier molecular flexibility index (Phi) is 8.01. The molecular weight excluding hydrogens is 761 g/mol. The molecule has 0 fully saturated rings. The van der Waals surface area contributed by atoms with Crippen molar-refractivity contribution in [2.24, 2.45) is 0 Å². The average Bonchev–Trinajstić information content (AvgIpc) is 3.82. The van der Waals surface area contributed by atoms with Gasteiger partial charge in [0.2, 0.25) is 0 Å². The van der Waals surface area contributed by atoms with E-state index >= 15 is 0 Å². The fourth-order valence-electron chi connectivity index (χ4n) is 11.4. The number of hydrogen-bond donors (Lipinski definition) is 0. The van der Waals surface area contributed by atoms with Crippen molar-refractivity contribution in [1.29, 1.82) is 0 Å². The van der Waals surface area contributed by atoms with Gasteiger partial charge in [-0.1, -0.05) is 217 Å². The van der Waals surface area contributed by atoms with Gasteiger partial charge in [-0.15, -0.1) is 0 Å². The van der Waals surface area contributed by atoms with E-state index in [0.717, 1.165) is 33.9 Å². The normalized spacial score (nSPS) is 15.2. The molecule has 1 heterocycles. The molecule has 12 rings (SSSR count). The zero-order chi connectivity index (χ0) is 42.8. The topological polar surface area (TPSA) is 25.8 Å². The minimum absolute atomic E-state index is 0.0509. The van der Waals surface area contributed by atoms with Crippen molar-refractivity contribution in [3.63, 3.8) is 0 Å². The molecule has 0 radical (unpaired) electrons. The maximum atomic E-state index is 5.43. The first kappa shape index (κ1) is 37.6. The zero-order valence-corrected chi connectivity index (χ0v) is 36.7. The summed E-state index contributed by atoms with van der Waals surface area (Å²) < 4.78 is 0. The summed E-state index contributed by atoms with van der Waals surface area (Å²) >= 11 is 0. The van der Waals surface area contributed by atoms with E-state index in [9.17, 15) is 0 Å². The molecule has 0 saturated carbocycles. The fraction of sp³-hybridized carbons (Fsp3) is 0.148. The van der Waals surface area contributed by atoms with Crippen LogP contribution in [0.5, 0.6) is 0 Å². The molecular formula is C61H48N2. The lowest BCUT2D eigenvalue weighted by molar-refractivity contribution is 0.660. The van der Waals surface area contributed by atoms with E-state index in [-0.39, 0.29) is 16.2 Å².